The van der Waals surface area contributed by atoms with Crippen LogP contribution in [0.1, 0.15) is 28.9 Å². The van der Waals surface area contributed by atoms with Gasteiger partial charge in [-0.2, -0.15) is 5.10 Å². The number of hydrogen-bond acceptors (Lipinski definition) is 3. The van der Waals surface area contributed by atoms with E-state index in [0.29, 0.717) is 6.42 Å². The van der Waals surface area contributed by atoms with E-state index < -0.39 is 0 Å². The lowest BCUT2D eigenvalue weighted by atomic mass is 10.1. The molecule has 2 heterocycles. The number of carbonyl (C=O) groups is 1. The Kier molecular flexibility index (Phi) is 4.71. The second-order valence-electron chi connectivity index (χ2n) is 6.68. The number of amides is 1. The number of benzene rings is 1. The molecule has 1 aliphatic heterocycles. The van der Waals surface area contributed by atoms with E-state index in [1.165, 1.54) is 11.1 Å². The van der Waals surface area contributed by atoms with Crippen LogP contribution in [0.25, 0.3) is 0 Å². The quantitative estimate of drug-likeness (QED) is 0.870. The van der Waals surface area contributed by atoms with Gasteiger partial charge in [0.05, 0.1) is 5.69 Å². The molecule has 0 bridgehead atoms. The number of carbonyl (C=O) groups excluding carboxylic acids is 1. The maximum absolute atomic E-state index is 12.9. The zero-order chi connectivity index (χ0) is 17.3. The van der Waals surface area contributed by atoms with Crippen molar-refractivity contribution in [3.05, 3.63) is 46.8 Å². The molecule has 0 unspecified atom stereocenters. The Bertz CT molecular complexity index is 750. The molecule has 0 fully saturated rings. The SMILES string of the molecule is Cc1nn(C)c(C)c1CCC(=O)N1CCN(C)Cc2ccccc21. The standard InChI is InChI=1S/C19H26N4O/c1-14-17(15(2)22(4)20-14)9-10-19(24)23-12-11-21(3)13-16-7-5-6-8-18(16)23/h5-8H,9-13H2,1-4H3. The molecule has 0 saturated carbocycles. The predicted octanol–water partition coefficient (Wildman–Crippen LogP) is 2.45. The number of aromatic nitrogens is 2. The van der Waals surface area contributed by atoms with Crippen molar-refractivity contribution in [2.75, 3.05) is 25.0 Å². The average molecular weight is 326 g/mol. The van der Waals surface area contributed by atoms with Gasteiger partial charge in [0.2, 0.25) is 5.91 Å². The fraction of sp³-hybridized carbons (Fsp3) is 0.474. The zero-order valence-corrected chi connectivity index (χ0v) is 15.0. The summed E-state index contributed by atoms with van der Waals surface area (Å²) in [6.07, 6.45) is 1.27. The minimum atomic E-state index is 0.195. The molecule has 1 amide bonds. The molecular formula is C19H26N4O. The van der Waals surface area contributed by atoms with Gasteiger partial charge in [0.25, 0.3) is 0 Å². The number of fused-ring (bicyclic) bond motifs is 1. The number of hydrogen-bond donors (Lipinski definition) is 0. The molecule has 128 valence electrons. The van der Waals surface area contributed by atoms with Crippen LogP contribution in [0, 0.1) is 13.8 Å². The highest BCUT2D eigenvalue weighted by Gasteiger charge is 2.23. The van der Waals surface area contributed by atoms with Crippen LogP contribution in [0.15, 0.2) is 24.3 Å². The Morgan fingerprint density at radius 1 is 1.17 bits per heavy atom. The van der Waals surface area contributed by atoms with E-state index >= 15 is 0 Å². The Morgan fingerprint density at radius 2 is 1.92 bits per heavy atom. The van der Waals surface area contributed by atoms with E-state index in [0.717, 1.165) is 43.1 Å². The first-order valence-electron chi connectivity index (χ1n) is 8.53. The van der Waals surface area contributed by atoms with Crippen LogP contribution in [-0.2, 0) is 24.8 Å². The zero-order valence-electron chi connectivity index (χ0n) is 15.0. The van der Waals surface area contributed by atoms with E-state index in [1.54, 1.807) is 0 Å². The maximum atomic E-state index is 12.9. The average Bonchev–Trinajstić information content (AvgIpc) is 2.71. The van der Waals surface area contributed by atoms with Gasteiger partial charge in [-0.15, -0.1) is 0 Å². The lowest BCUT2D eigenvalue weighted by Gasteiger charge is -2.22. The topological polar surface area (TPSA) is 41.4 Å². The van der Waals surface area contributed by atoms with Gasteiger partial charge < -0.3 is 9.80 Å². The molecule has 1 aromatic heterocycles. The largest absolute Gasteiger partial charge is 0.311 e. The van der Waals surface area contributed by atoms with Gasteiger partial charge >= 0.3 is 0 Å². The third-order valence-corrected chi connectivity index (χ3v) is 4.98. The molecule has 0 aliphatic carbocycles. The lowest BCUT2D eigenvalue weighted by molar-refractivity contribution is -0.118. The van der Waals surface area contributed by atoms with Crippen LogP contribution >= 0.6 is 0 Å². The van der Waals surface area contributed by atoms with E-state index in [2.05, 4.69) is 36.1 Å². The first-order chi connectivity index (χ1) is 11.5. The number of nitrogens with zero attached hydrogens (tertiary/aromatic N) is 4. The van der Waals surface area contributed by atoms with Crippen molar-refractivity contribution in [2.45, 2.75) is 33.2 Å². The molecule has 1 aliphatic rings. The van der Waals surface area contributed by atoms with Crippen molar-refractivity contribution >= 4 is 11.6 Å². The summed E-state index contributed by atoms with van der Waals surface area (Å²) in [5.41, 5.74) is 5.66. The number of rotatable bonds is 3. The minimum Gasteiger partial charge on any atom is -0.311 e. The Morgan fingerprint density at radius 3 is 2.62 bits per heavy atom. The van der Waals surface area contributed by atoms with Crippen LogP contribution < -0.4 is 4.90 Å². The normalized spacial score (nSPS) is 15.2. The number of aryl methyl sites for hydroxylation is 2. The summed E-state index contributed by atoms with van der Waals surface area (Å²) in [6.45, 7) is 6.61. The highest BCUT2D eigenvalue weighted by atomic mass is 16.2. The second-order valence-corrected chi connectivity index (χ2v) is 6.68. The highest BCUT2D eigenvalue weighted by molar-refractivity contribution is 5.94. The van der Waals surface area contributed by atoms with Gasteiger partial charge in [0.1, 0.15) is 0 Å². The molecular weight excluding hydrogens is 300 g/mol. The predicted molar refractivity (Wildman–Crippen MR) is 96.1 cm³/mol. The summed E-state index contributed by atoms with van der Waals surface area (Å²) >= 11 is 0. The number of para-hydroxylation sites is 1. The maximum Gasteiger partial charge on any atom is 0.227 e. The van der Waals surface area contributed by atoms with Gasteiger partial charge in [-0.3, -0.25) is 9.48 Å². The van der Waals surface area contributed by atoms with Gasteiger partial charge in [0, 0.05) is 44.5 Å². The second kappa shape index (κ2) is 6.77. The Balaban J connectivity index is 1.77. The van der Waals surface area contributed by atoms with Crippen LogP contribution in [0.5, 0.6) is 0 Å². The van der Waals surface area contributed by atoms with Crippen molar-refractivity contribution in [1.29, 1.82) is 0 Å². The molecule has 0 atom stereocenters. The third kappa shape index (κ3) is 3.22. The van der Waals surface area contributed by atoms with E-state index in [1.807, 2.05) is 35.7 Å². The molecule has 5 heteroatoms. The summed E-state index contributed by atoms with van der Waals surface area (Å²) in [6, 6.07) is 8.24. The summed E-state index contributed by atoms with van der Waals surface area (Å²) in [7, 11) is 4.06. The van der Waals surface area contributed by atoms with Gasteiger partial charge in [-0.1, -0.05) is 18.2 Å². The molecule has 0 radical (unpaired) electrons. The van der Waals surface area contributed by atoms with Crippen molar-refractivity contribution in [3.63, 3.8) is 0 Å². The molecule has 0 N–H and O–H groups in total. The molecule has 5 nitrogen and oxygen atoms in total. The molecule has 3 rings (SSSR count). The van der Waals surface area contributed by atoms with E-state index in [4.69, 9.17) is 0 Å². The fourth-order valence-electron chi connectivity index (χ4n) is 3.47. The van der Waals surface area contributed by atoms with E-state index in [-0.39, 0.29) is 5.91 Å². The van der Waals surface area contributed by atoms with Crippen LogP contribution in [0.2, 0.25) is 0 Å². The fourth-order valence-corrected chi connectivity index (χ4v) is 3.47. The van der Waals surface area contributed by atoms with Crippen LogP contribution in [0.3, 0.4) is 0 Å². The molecule has 0 saturated heterocycles. The monoisotopic (exact) mass is 326 g/mol. The van der Waals surface area contributed by atoms with Crippen molar-refractivity contribution in [1.82, 2.24) is 14.7 Å². The van der Waals surface area contributed by atoms with E-state index in [9.17, 15) is 4.79 Å². The number of likely N-dealkylation sites (N-methyl/N-ethyl adjacent to an activating group) is 1. The molecule has 24 heavy (non-hydrogen) atoms. The highest BCUT2D eigenvalue weighted by Crippen LogP contribution is 2.25. The summed E-state index contributed by atoms with van der Waals surface area (Å²) in [4.78, 5) is 17.1. The summed E-state index contributed by atoms with van der Waals surface area (Å²) in [5, 5.41) is 4.45. The van der Waals surface area contributed by atoms with Crippen LogP contribution in [0.4, 0.5) is 5.69 Å². The van der Waals surface area contributed by atoms with Gasteiger partial charge in [0.15, 0.2) is 0 Å². The van der Waals surface area contributed by atoms with Crippen LogP contribution in [-0.4, -0.2) is 40.7 Å². The van der Waals surface area contributed by atoms with Gasteiger partial charge in [-0.05, 0) is 44.5 Å². The Labute approximate surface area is 143 Å². The molecule has 2 aromatic rings. The van der Waals surface area contributed by atoms with Crippen molar-refractivity contribution in [2.24, 2.45) is 7.05 Å². The molecule has 1 aromatic carbocycles. The smallest absolute Gasteiger partial charge is 0.227 e. The summed E-state index contributed by atoms with van der Waals surface area (Å²) < 4.78 is 1.89. The first-order valence-corrected chi connectivity index (χ1v) is 8.53. The first kappa shape index (κ1) is 16.7. The third-order valence-electron chi connectivity index (χ3n) is 4.98. The Hall–Kier alpha value is -2.14. The minimum absolute atomic E-state index is 0.195. The van der Waals surface area contributed by atoms with Crippen molar-refractivity contribution in [3.8, 4) is 0 Å². The van der Waals surface area contributed by atoms with Gasteiger partial charge in [-0.25, -0.2) is 0 Å². The van der Waals surface area contributed by atoms with Crippen molar-refractivity contribution < 1.29 is 4.79 Å². The number of anilines is 1. The molecule has 0 spiro atoms. The summed E-state index contributed by atoms with van der Waals surface area (Å²) in [5.74, 6) is 0.195. The lowest BCUT2D eigenvalue weighted by Crippen LogP contribution is -2.35.